The number of aromatic nitrogens is 4. The number of H-pyrrole nitrogens is 1. The van der Waals surface area contributed by atoms with Crippen LogP contribution in [0.25, 0.3) is 22.4 Å². The first-order chi connectivity index (χ1) is 7.34. The first kappa shape index (κ1) is 8.43. The molecule has 0 radical (unpaired) electrons. The zero-order chi connectivity index (χ0) is 10.3. The average molecular weight is 221 g/mol. The number of furan rings is 1. The summed E-state index contributed by atoms with van der Waals surface area (Å²) in [6.45, 7) is 0. The van der Waals surface area contributed by atoms with Crippen molar-refractivity contribution in [1.29, 1.82) is 0 Å². The third-order valence-corrected chi connectivity index (χ3v) is 2.31. The highest BCUT2D eigenvalue weighted by Gasteiger charge is 2.09. The number of halogens is 1. The predicted octanol–water partition coefficient (Wildman–Crippen LogP) is 2.27. The minimum Gasteiger partial charge on any atom is -0.472 e. The largest absolute Gasteiger partial charge is 0.472 e. The number of nitrogens with zero attached hydrogens (tertiary/aromatic N) is 3. The minimum absolute atomic E-state index is 0.355. The van der Waals surface area contributed by atoms with Gasteiger partial charge in [-0.25, -0.2) is 9.97 Å². The van der Waals surface area contributed by atoms with Crippen LogP contribution in [0.5, 0.6) is 0 Å². The van der Waals surface area contributed by atoms with Gasteiger partial charge in [0.05, 0.1) is 18.0 Å². The number of nitrogens with one attached hydrogen (secondary N) is 1. The highest BCUT2D eigenvalue weighted by atomic mass is 35.5. The molecule has 0 aliphatic rings. The lowest BCUT2D eigenvalue weighted by Crippen LogP contribution is -1.89. The summed E-state index contributed by atoms with van der Waals surface area (Å²) >= 11 is 5.97. The molecule has 0 aliphatic carbocycles. The van der Waals surface area contributed by atoms with Crippen LogP contribution in [0, 0.1) is 0 Å². The summed E-state index contributed by atoms with van der Waals surface area (Å²) in [5.74, 6) is 0.530. The number of fused-ring (bicyclic) bond motifs is 1. The van der Waals surface area contributed by atoms with Gasteiger partial charge in [-0.3, -0.25) is 5.10 Å². The van der Waals surface area contributed by atoms with Gasteiger partial charge in [0, 0.05) is 0 Å². The summed E-state index contributed by atoms with van der Waals surface area (Å²) in [5, 5.41) is 6.93. The zero-order valence-electron chi connectivity index (χ0n) is 7.44. The Hall–Kier alpha value is -1.88. The number of aromatic amines is 1. The third-order valence-electron chi connectivity index (χ3n) is 2.04. The van der Waals surface area contributed by atoms with Gasteiger partial charge in [-0.15, -0.1) is 0 Å². The molecule has 3 rings (SSSR count). The molecule has 3 aromatic heterocycles. The molecular formula is C9H5ClN4O. The highest BCUT2D eigenvalue weighted by molar-refractivity contribution is 6.33. The lowest BCUT2D eigenvalue weighted by molar-refractivity contribution is 0.568. The van der Waals surface area contributed by atoms with Gasteiger partial charge in [0.1, 0.15) is 17.3 Å². The molecule has 0 saturated heterocycles. The van der Waals surface area contributed by atoms with E-state index in [1.807, 2.05) is 0 Å². The monoisotopic (exact) mass is 220 g/mol. The summed E-state index contributed by atoms with van der Waals surface area (Å²) in [6, 6.07) is 1.78. The minimum atomic E-state index is 0.355. The zero-order valence-corrected chi connectivity index (χ0v) is 8.19. The Labute approximate surface area is 89.1 Å². The van der Waals surface area contributed by atoms with Gasteiger partial charge in [-0.05, 0) is 6.07 Å². The molecule has 0 aliphatic heterocycles. The topological polar surface area (TPSA) is 67.6 Å². The maximum absolute atomic E-state index is 5.97. The Morgan fingerprint density at radius 3 is 3.07 bits per heavy atom. The van der Waals surface area contributed by atoms with E-state index in [1.165, 1.54) is 0 Å². The molecule has 0 atom stereocenters. The quantitative estimate of drug-likeness (QED) is 0.639. The number of hydrogen-bond donors (Lipinski definition) is 1. The number of rotatable bonds is 1. The van der Waals surface area contributed by atoms with Crippen molar-refractivity contribution in [2.24, 2.45) is 0 Å². The molecule has 3 aromatic rings. The lowest BCUT2D eigenvalue weighted by atomic mass is 10.3. The second kappa shape index (κ2) is 3.06. The Balaban J connectivity index is 2.29. The second-order valence-corrected chi connectivity index (χ2v) is 3.34. The van der Waals surface area contributed by atoms with Crippen molar-refractivity contribution >= 4 is 22.6 Å². The molecular weight excluding hydrogens is 216 g/mol. The molecule has 0 fully saturated rings. The van der Waals surface area contributed by atoms with Crippen LogP contribution in [0.15, 0.2) is 29.2 Å². The molecule has 0 bridgehead atoms. The Morgan fingerprint density at radius 1 is 1.33 bits per heavy atom. The fourth-order valence-corrected chi connectivity index (χ4v) is 1.54. The smallest absolute Gasteiger partial charge is 0.164 e. The molecule has 6 heteroatoms. The van der Waals surface area contributed by atoms with E-state index in [9.17, 15) is 0 Å². The van der Waals surface area contributed by atoms with Crippen LogP contribution >= 0.6 is 11.6 Å². The van der Waals surface area contributed by atoms with Crippen LogP contribution in [-0.2, 0) is 0 Å². The van der Waals surface area contributed by atoms with Crippen molar-refractivity contribution in [3.05, 3.63) is 29.9 Å². The normalized spacial score (nSPS) is 11.0. The Morgan fingerprint density at radius 2 is 2.27 bits per heavy atom. The summed E-state index contributed by atoms with van der Waals surface area (Å²) < 4.78 is 4.96. The Kier molecular flexibility index (Phi) is 1.72. The maximum Gasteiger partial charge on any atom is 0.164 e. The fourth-order valence-electron chi connectivity index (χ4n) is 1.33. The van der Waals surface area contributed by atoms with Crippen molar-refractivity contribution < 1.29 is 4.42 Å². The van der Waals surface area contributed by atoms with Gasteiger partial charge < -0.3 is 4.42 Å². The van der Waals surface area contributed by atoms with Crippen molar-refractivity contribution in [3.63, 3.8) is 0 Å². The first-order valence-corrected chi connectivity index (χ1v) is 4.61. The summed E-state index contributed by atoms with van der Waals surface area (Å²) in [4.78, 5) is 8.43. The molecule has 0 saturated carbocycles. The highest BCUT2D eigenvalue weighted by Crippen LogP contribution is 2.22. The summed E-state index contributed by atoms with van der Waals surface area (Å²) in [7, 11) is 0. The van der Waals surface area contributed by atoms with Gasteiger partial charge >= 0.3 is 0 Å². The maximum atomic E-state index is 5.97. The van der Waals surface area contributed by atoms with E-state index in [2.05, 4.69) is 20.2 Å². The van der Waals surface area contributed by atoms with E-state index in [4.69, 9.17) is 16.0 Å². The van der Waals surface area contributed by atoms with Crippen LogP contribution in [0.1, 0.15) is 0 Å². The molecule has 0 amide bonds. The summed E-state index contributed by atoms with van der Waals surface area (Å²) in [5.41, 5.74) is 2.12. The SMILES string of the molecule is Clc1nc(-c2ccoc2)nc2cn[nH]c12. The van der Waals surface area contributed by atoms with E-state index in [-0.39, 0.29) is 0 Å². The van der Waals surface area contributed by atoms with Gasteiger partial charge in [-0.1, -0.05) is 11.6 Å². The van der Waals surface area contributed by atoms with E-state index < -0.39 is 0 Å². The van der Waals surface area contributed by atoms with Gasteiger partial charge in [0.25, 0.3) is 0 Å². The van der Waals surface area contributed by atoms with Crippen LogP contribution in [-0.4, -0.2) is 20.2 Å². The molecule has 5 nitrogen and oxygen atoms in total. The second-order valence-electron chi connectivity index (χ2n) is 2.98. The van der Waals surface area contributed by atoms with E-state index in [1.54, 1.807) is 24.8 Å². The van der Waals surface area contributed by atoms with Gasteiger partial charge in [-0.2, -0.15) is 5.10 Å². The van der Waals surface area contributed by atoms with E-state index in [0.29, 0.717) is 22.0 Å². The number of hydrogen-bond acceptors (Lipinski definition) is 4. The predicted molar refractivity (Wildman–Crippen MR) is 54.4 cm³/mol. The van der Waals surface area contributed by atoms with E-state index in [0.717, 1.165) is 5.56 Å². The molecule has 3 heterocycles. The molecule has 1 N–H and O–H groups in total. The molecule has 0 aromatic carbocycles. The fraction of sp³-hybridized carbons (Fsp3) is 0. The first-order valence-electron chi connectivity index (χ1n) is 4.24. The van der Waals surface area contributed by atoms with Crippen molar-refractivity contribution in [1.82, 2.24) is 20.2 Å². The van der Waals surface area contributed by atoms with Crippen molar-refractivity contribution in [3.8, 4) is 11.4 Å². The third kappa shape index (κ3) is 1.28. The Bertz CT molecular complexity index is 602. The average Bonchev–Trinajstić information content (AvgIpc) is 2.88. The van der Waals surface area contributed by atoms with Crippen LogP contribution in [0.2, 0.25) is 5.15 Å². The summed E-state index contributed by atoms with van der Waals surface area (Å²) in [6.07, 6.45) is 4.73. The van der Waals surface area contributed by atoms with Gasteiger partial charge in [0.2, 0.25) is 0 Å². The molecule has 74 valence electrons. The van der Waals surface area contributed by atoms with Crippen LogP contribution in [0.3, 0.4) is 0 Å². The standard InChI is InChI=1S/C9H5ClN4O/c10-8-7-6(3-11-14-7)12-9(13-8)5-1-2-15-4-5/h1-4H,(H,11,14). The van der Waals surface area contributed by atoms with Gasteiger partial charge in [0.15, 0.2) is 11.0 Å². The van der Waals surface area contributed by atoms with Crippen LogP contribution < -0.4 is 0 Å². The molecule has 0 unspecified atom stereocenters. The van der Waals surface area contributed by atoms with Crippen molar-refractivity contribution in [2.75, 3.05) is 0 Å². The van der Waals surface area contributed by atoms with E-state index >= 15 is 0 Å². The molecule has 0 spiro atoms. The van der Waals surface area contributed by atoms with Crippen molar-refractivity contribution in [2.45, 2.75) is 0 Å². The van der Waals surface area contributed by atoms with Crippen LogP contribution in [0.4, 0.5) is 0 Å². The lowest BCUT2D eigenvalue weighted by Gasteiger charge is -1.97. The molecule has 15 heavy (non-hydrogen) atoms.